The fraction of sp³-hybridized carbons (Fsp3) is 0.938. The average Bonchev–Trinajstić information content (AvgIpc) is 2.46. The molecule has 0 aliphatic carbocycles. The zero-order chi connectivity index (χ0) is 15.7. The van der Waals surface area contributed by atoms with Crippen molar-refractivity contribution < 1.29 is 14.6 Å². The van der Waals surface area contributed by atoms with E-state index in [9.17, 15) is 9.90 Å². The van der Waals surface area contributed by atoms with E-state index in [1.54, 1.807) is 6.92 Å². The standard InChI is InChI=1S/C16H32N2O3/c1-4-9-17-16(2,15(19)20)8-5-10-18(3)13-14-6-11-21-12-7-14/h14,17H,4-13H2,1-3H3,(H,19,20). The molecule has 1 saturated heterocycles. The summed E-state index contributed by atoms with van der Waals surface area (Å²) in [5, 5.41) is 12.6. The van der Waals surface area contributed by atoms with Crippen LogP contribution in [0.25, 0.3) is 0 Å². The molecule has 5 nitrogen and oxygen atoms in total. The molecule has 0 saturated carbocycles. The monoisotopic (exact) mass is 300 g/mol. The van der Waals surface area contributed by atoms with Crippen LogP contribution in [0.1, 0.15) is 46.0 Å². The van der Waals surface area contributed by atoms with Crippen LogP contribution in [0.15, 0.2) is 0 Å². The second-order valence-corrected chi connectivity index (χ2v) is 6.49. The van der Waals surface area contributed by atoms with Gasteiger partial charge in [-0.05, 0) is 65.1 Å². The number of ether oxygens (including phenoxy) is 1. The van der Waals surface area contributed by atoms with Gasteiger partial charge in [-0.3, -0.25) is 4.79 Å². The van der Waals surface area contributed by atoms with Crippen LogP contribution >= 0.6 is 0 Å². The molecule has 124 valence electrons. The lowest BCUT2D eigenvalue weighted by Gasteiger charge is -2.29. The predicted molar refractivity (Wildman–Crippen MR) is 84.6 cm³/mol. The van der Waals surface area contributed by atoms with Crippen molar-refractivity contribution in [3.05, 3.63) is 0 Å². The number of rotatable bonds is 10. The van der Waals surface area contributed by atoms with Crippen LogP contribution in [0.2, 0.25) is 0 Å². The summed E-state index contributed by atoms with van der Waals surface area (Å²) in [7, 11) is 2.13. The Labute approximate surface area is 129 Å². The van der Waals surface area contributed by atoms with Crippen LogP contribution in [0.3, 0.4) is 0 Å². The normalized spacial score (nSPS) is 19.6. The van der Waals surface area contributed by atoms with Gasteiger partial charge in [-0.1, -0.05) is 6.92 Å². The highest BCUT2D eigenvalue weighted by atomic mass is 16.5. The zero-order valence-electron chi connectivity index (χ0n) is 13.9. The summed E-state index contributed by atoms with van der Waals surface area (Å²) < 4.78 is 5.38. The Morgan fingerprint density at radius 2 is 2.10 bits per heavy atom. The second kappa shape index (κ2) is 9.38. The van der Waals surface area contributed by atoms with Gasteiger partial charge in [0.15, 0.2) is 0 Å². The summed E-state index contributed by atoms with van der Waals surface area (Å²) >= 11 is 0. The van der Waals surface area contributed by atoms with E-state index in [0.29, 0.717) is 6.42 Å². The fourth-order valence-electron chi connectivity index (χ4n) is 2.84. The number of hydrogen-bond acceptors (Lipinski definition) is 4. The molecule has 1 rings (SSSR count). The van der Waals surface area contributed by atoms with Gasteiger partial charge < -0.3 is 20.1 Å². The number of aliphatic carboxylic acids is 1. The number of carbonyl (C=O) groups is 1. The molecule has 0 spiro atoms. The van der Waals surface area contributed by atoms with E-state index in [-0.39, 0.29) is 0 Å². The van der Waals surface area contributed by atoms with Crippen molar-refractivity contribution in [2.45, 2.75) is 51.5 Å². The van der Waals surface area contributed by atoms with E-state index in [0.717, 1.165) is 64.4 Å². The molecule has 5 heteroatoms. The first-order valence-electron chi connectivity index (χ1n) is 8.22. The molecule has 0 aromatic carbocycles. The molecule has 21 heavy (non-hydrogen) atoms. The largest absolute Gasteiger partial charge is 0.480 e. The van der Waals surface area contributed by atoms with E-state index in [4.69, 9.17) is 4.74 Å². The number of carboxylic acid groups (broad SMARTS) is 1. The van der Waals surface area contributed by atoms with Gasteiger partial charge in [-0.15, -0.1) is 0 Å². The Kier molecular flexibility index (Phi) is 8.22. The van der Waals surface area contributed by atoms with Gasteiger partial charge >= 0.3 is 5.97 Å². The molecule has 0 aromatic rings. The smallest absolute Gasteiger partial charge is 0.323 e. The molecular weight excluding hydrogens is 268 g/mol. The van der Waals surface area contributed by atoms with E-state index in [2.05, 4.69) is 24.2 Å². The topological polar surface area (TPSA) is 61.8 Å². The minimum Gasteiger partial charge on any atom is -0.480 e. The zero-order valence-corrected chi connectivity index (χ0v) is 13.9. The Morgan fingerprint density at radius 1 is 1.43 bits per heavy atom. The number of carboxylic acids is 1. The molecule has 0 radical (unpaired) electrons. The summed E-state index contributed by atoms with van der Waals surface area (Å²) in [5.41, 5.74) is -0.796. The van der Waals surface area contributed by atoms with Crippen LogP contribution in [-0.4, -0.2) is 61.4 Å². The molecule has 1 aliphatic rings. The van der Waals surface area contributed by atoms with Gasteiger partial charge in [0.25, 0.3) is 0 Å². The summed E-state index contributed by atoms with van der Waals surface area (Å²) in [6.07, 6.45) is 4.82. The van der Waals surface area contributed by atoms with E-state index in [1.807, 2.05) is 0 Å². The van der Waals surface area contributed by atoms with Crippen LogP contribution in [0.4, 0.5) is 0 Å². The third-order valence-corrected chi connectivity index (χ3v) is 4.36. The molecule has 1 heterocycles. The van der Waals surface area contributed by atoms with Crippen molar-refractivity contribution in [2.24, 2.45) is 5.92 Å². The molecule has 2 N–H and O–H groups in total. The number of nitrogens with one attached hydrogen (secondary N) is 1. The maximum absolute atomic E-state index is 11.4. The van der Waals surface area contributed by atoms with Gasteiger partial charge in [0, 0.05) is 19.8 Å². The summed E-state index contributed by atoms with van der Waals surface area (Å²) in [6, 6.07) is 0. The molecular formula is C16H32N2O3. The Hall–Kier alpha value is -0.650. The van der Waals surface area contributed by atoms with Crippen molar-refractivity contribution in [2.75, 3.05) is 39.9 Å². The maximum Gasteiger partial charge on any atom is 0.323 e. The highest BCUT2D eigenvalue weighted by Gasteiger charge is 2.31. The highest BCUT2D eigenvalue weighted by molar-refractivity contribution is 5.78. The van der Waals surface area contributed by atoms with Crippen LogP contribution in [0, 0.1) is 5.92 Å². The summed E-state index contributed by atoms with van der Waals surface area (Å²) in [5.74, 6) is -0.0177. The first-order valence-corrected chi connectivity index (χ1v) is 8.22. The number of nitrogens with zero attached hydrogens (tertiary/aromatic N) is 1. The van der Waals surface area contributed by atoms with Gasteiger partial charge in [0.05, 0.1) is 0 Å². The molecule has 1 atom stereocenters. The average molecular weight is 300 g/mol. The van der Waals surface area contributed by atoms with Crippen LogP contribution in [-0.2, 0) is 9.53 Å². The Balaban J connectivity index is 2.27. The molecule has 0 amide bonds. The molecule has 1 fully saturated rings. The lowest BCUT2D eigenvalue weighted by Crippen LogP contribution is -2.50. The van der Waals surface area contributed by atoms with Crippen molar-refractivity contribution in [3.63, 3.8) is 0 Å². The van der Waals surface area contributed by atoms with Crippen LogP contribution < -0.4 is 5.32 Å². The first kappa shape index (κ1) is 18.4. The SMILES string of the molecule is CCCNC(C)(CCCN(C)CC1CCOCC1)C(=O)O. The quantitative estimate of drug-likeness (QED) is 0.646. The van der Waals surface area contributed by atoms with Crippen molar-refractivity contribution in [3.8, 4) is 0 Å². The van der Waals surface area contributed by atoms with Crippen molar-refractivity contribution in [1.82, 2.24) is 10.2 Å². The Morgan fingerprint density at radius 3 is 2.67 bits per heavy atom. The van der Waals surface area contributed by atoms with E-state index in [1.165, 1.54) is 0 Å². The van der Waals surface area contributed by atoms with Gasteiger partial charge in [0.2, 0.25) is 0 Å². The van der Waals surface area contributed by atoms with Gasteiger partial charge in [-0.25, -0.2) is 0 Å². The van der Waals surface area contributed by atoms with E-state index < -0.39 is 11.5 Å². The summed E-state index contributed by atoms with van der Waals surface area (Å²) in [4.78, 5) is 13.8. The molecule has 1 unspecified atom stereocenters. The first-order chi connectivity index (χ1) is 9.98. The van der Waals surface area contributed by atoms with Crippen LogP contribution in [0.5, 0.6) is 0 Å². The third kappa shape index (κ3) is 6.76. The lowest BCUT2D eigenvalue weighted by molar-refractivity contribution is -0.144. The number of hydrogen-bond donors (Lipinski definition) is 2. The lowest BCUT2D eigenvalue weighted by atomic mass is 9.95. The third-order valence-electron chi connectivity index (χ3n) is 4.36. The Bertz CT molecular complexity index is 306. The predicted octanol–water partition coefficient (Wildman–Crippen LogP) is 1.97. The fourth-order valence-corrected chi connectivity index (χ4v) is 2.84. The summed E-state index contributed by atoms with van der Waals surface area (Å²) in [6.45, 7) is 8.41. The van der Waals surface area contributed by atoms with E-state index >= 15 is 0 Å². The molecule has 0 aromatic heterocycles. The maximum atomic E-state index is 11.4. The van der Waals surface area contributed by atoms with Crippen molar-refractivity contribution >= 4 is 5.97 Å². The molecule has 1 aliphatic heterocycles. The van der Waals surface area contributed by atoms with Gasteiger partial charge in [0.1, 0.15) is 5.54 Å². The minimum atomic E-state index is -0.796. The minimum absolute atomic E-state index is 0.667. The highest BCUT2D eigenvalue weighted by Crippen LogP contribution is 2.17. The second-order valence-electron chi connectivity index (χ2n) is 6.49. The van der Waals surface area contributed by atoms with Gasteiger partial charge in [-0.2, -0.15) is 0 Å². The molecule has 0 bridgehead atoms. The van der Waals surface area contributed by atoms with Crippen molar-refractivity contribution in [1.29, 1.82) is 0 Å².